The van der Waals surface area contributed by atoms with Gasteiger partial charge in [-0.2, -0.15) is 5.10 Å². The second-order valence-corrected chi connectivity index (χ2v) is 6.04. The van der Waals surface area contributed by atoms with E-state index in [1.165, 1.54) is 16.6 Å². The third-order valence-electron chi connectivity index (χ3n) is 4.23. The zero-order chi connectivity index (χ0) is 14.2. The number of aromatic nitrogens is 2. The lowest BCUT2D eigenvalue weighted by molar-refractivity contribution is 0.0558. The van der Waals surface area contributed by atoms with E-state index < -0.39 is 0 Å². The molecule has 1 aromatic carbocycles. The average Bonchev–Trinajstić information content (AvgIpc) is 2.76. The van der Waals surface area contributed by atoms with Gasteiger partial charge in [0.1, 0.15) is 0 Å². The summed E-state index contributed by atoms with van der Waals surface area (Å²) in [5.74, 6) is 0. The lowest BCUT2D eigenvalue weighted by Crippen LogP contribution is -2.66. The van der Waals surface area contributed by atoms with E-state index in [9.17, 15) is 0 Å². The largest absolute Gasteiger partial charge is 0.323 e. The van der Waals surface area contributed by atoms with Crippen LogP contribution in [0.15, 0.2) is 24.3 Å². The number of hydrogen-bond donors (Lipinski definition) is 1. The third kappa shape index (κ3) is 2.34. The second kappa shape index (κ2) is 5.19. The number of nitrogens with two attached hydrogens (primary N) is 1. The van der Waals surface area contributed by atoms with Gasteiger partial charge in [0.05, 0.1) is 11.2 Å². The molecule has 3 rings (SSSR count). The number of likely N-dealkylation sites (tertiary alicyclic amines) is 1. The van der Waals surface area contributed by atoms with Crippen LogP contribution in [0.5, 0.6) is 0 Å². The molecule has 1 aliphatic rings. The number of rotatable bonds is 5. The normalized spacial score (nSPS) is 18.4. The van der Waals surface area contributed by atoms with Gasteiger partial charge in [-0.1, -0.05) is 31.5 Å². The number of benzene rings is 1. The number of hydrogen-bond acceptors (Lipinski definition) is 3. The van der Waals surface area contributed by atoms with Crippen molar-refractivity contribution in [1.29, 1.82) is 0 Å². The molecule has 0 bridgehead atoms. The van der Waals surface area contributed by atoms with Crippen LogP contribution in [-0.4, -0.2) is 33.3 Å². The minimum absolute atomic E-state index is 0.0396. The molecule has 0 spiro atoms. The van der Waals surface area contributed by atoms with Gasteiger partial charge in [0.2, 0.25) is 0 Å². The van der Waals surface area contributed by atoms with E-state index in [1.807, 2.05) is 0 Å². The summed E-state index contributed by atoms with van der Waals surface area (Å²) < 4.78 is 2.09. The number of nitrogens with zero attached hydrogens (tertiary/aromatic N) is 3. The smallest absolute Gasteiger partial charge is 0.0843 e. The molecular weight excluding hydrogens is 248 g/mol. The van der Waals surface area contributed by atoms with E-state index in [0.717, 1.165) is 39.0 Å². The highest BCUT2D eigenvalue weighted by Gasteiger charge is 2.38. The van der Waals surface area contributed by atoms with Gasteiger partial charge in [0.25, 0.3) is 0 Å². The molecule has 0 saturated carbocycles. The summed E-state index contributed by atoms with van der Waals surface area (Å²) in [4.78, 5) is 2.41. The van der Waals surface area contributed by atoms with Gasteiger partial charge in [-0.25, -0.2) is 0 Å². The Bertz CT molecular complexity index is 596. The molecule has 0 unspecified atom stereocenters. The van der Waals surface area contributed by atoms with E-state index in [4.69, 9.17) is 10.8 Å². The van der Waals surface area contributed by atoms with Crippen molar-refractivity contribution in [3.05, 3.63) is 30.0 Å². The molecule has 108 valence electrons. The standard InChI is InChI=1S/C16H24N4/c1-3-9-16(17)11-19(12-16)10-14-13-7-5-6-8-15(13)20(4-2)18-14/h5-8H,3-4,9-12,17H2,1-2H3. The van der Waals surface area contributed by atoms with Crippen molar-refractivity contribution in [3.8, 4) is 0 Å². The van der Waals surface area contributed by atoms with Crippen molar-refractivity contribution in [2.75, 3.05) is 13.1 Å². The van der Waals surface area contributed by atoms with Gasteiger partial charge in [-0.15, -0.1) is 0 Å². The van der Waals surface area contributed by atoms with E-state index >= 15 is 0 Å². The van der Waals surface area contributed by atoms with Crippen molar-refractivity contribution >= 4 is 10.9 Å². The third-order valence-corrected chi connectivity index (χ3v) is 4.23. The lowest BCUT2D eigenvalue weighted by Gasteiger charge is -2.47. The van der Waals surface area contributed by atoms with Crippen LogP contribution < -0.4 is 5.73 Å². The average molecular weight is 272 g/mol. The van der Waals surface area contributed by atoms with Crippen LogP contribution in [0.1, 0.15) is 32.4 Å². The van der Waals surface area contributed by atoms with Gasteiger partial charge in [-0.05, 0) is 19.4 Å². The van der Waals surface area contributed by atoms with Crippen molar-refractivity contribution in [2.45, 2.75) is 45.3 Å². The maximum atomic E-state index is 6.33. The summed E-state index contributed by atoms with van der Waals surface area (Å²) in [6.45, 7) is 8.16. The predicted molar refractivity (Wildman–Crippen MR) is 82.5 cm³/mol. The molecule has 20 heavy (non-hydrogen) atoms. The highest BCUT2D eigenvalue weighted by molar-refractivity contribution is 5.81. The molecule has 2 heterocycles. The van der Waals surface area contributed by atoms with Gasteiger partial charge in [0, 0.05) is 37.1 Å². The maximum Gasteiger partial charge on any atom is 0.0843 e. The first-order valence-electron chi connectivity index (χ1n) is 7.61. The molecule has 1 aliphatic heterocycles. The molecule has 0 radical (unpaired) electrons. The van der Waals surface area contributed by atoms with Crippen LogP contribution in [0, 0.1) is 0 Å². The Morgan fingerprint density at radius 1 is 1.25 bits per heavy atom. The fourth-order valence-corrected chi connectivity index (χ4v) is 3.38. The number of fused-ring (bicyclic) bond motifs is 1. The zero-order valence-corrected chi connectivity index (χ0v) is 12.5. The summed E-state index contributed by atoms with van der Waals surface area (Å²) in [6.07, 6.45) is 2.28. The molecule has 2 N–H and O–H groups in total. The molecule has 1 saturated heterocycles. The van der Waals surface area contributed by atoms with Crippen LogP contribution in [0.3, 0.4) is 0 Å². The Kier molecular flexibility index (Phi) is 3.52. The van der Waals surface area contributed by atoms with Gasteiger partial charge in [0.15, 0.2) is 0 Å². The fraction of sp³-hybridized carbons (Fsp3) is 0.562. The van der Waals surface area contributed by atoms with Crippen molar-refractivity contribution in [3.63, 3.8) is 0 Å². The Hall–Kier alpha value is -1.39. The molecule has 0 aliphatic carbocycles. The van der Waals surface area contributed by atoms with Gasteiger partial charge in [-0.3, -0.25) is 9.58 Å². The van der Waals surface area contributed by atoms with Crippen LogP contribution in [0.2, 0.25) is 0 Å². The van der Waals surface area contributed by atoms with Gasteiger partial charge < -0.3 is 5.73 Å². The molecule has 2 aromatic rings. The van der Waals surface area contributed by atoms with Crippen molar-refractivity contribution in [2.24, 2.45) is 5.73 Å². The first-order valence-corrected chi connectivity index (χ1v) is 7.61. The summed E-state index contributed by atoms with van der Waals surface area (Å²) in [6, 6.07) is 8.49. The van der Waals surface area contributed by atoms with E-state index in [0.29, 0.717) is 0 Å². The van der Waals surface area contributed by atoms with Crippen LogP contribution in [0.4, 0.5) is 0 Å². The quantitative estimate of drug-likeness (QED) is 0.909. The van der Waals surface area contributed by atoms with Crippen LogP contribution in [0.25, 0.3) is 10.9 Å². The second-order valence-electron chi connectivity index (χ2n) is 6.04. The highest BCUT2D eigenvalue weighted by Crippen LogP contribution is 2.27. The van der Waals surface area contributed by atoms with E-state index in [-0.39, 0.29) is 5.54 Å². The molecule has 1 aromatic heterocycles. The minimum Gasteiger partial charge on any atom is -0.323 e. The molecule has 0 atom stereocenters. The number of para-hydroxylation sites is 1. The van der Waals surface area contributed by atoms with Crippen LogP contribution in [-0.2, 0) is 13.1 Å². The lowest BCUT2D eigenvalue weighted by atomic mass is 9.86. The molecule has 4 heteroatoms. The Morgan fingerprint density at radius 2 is 2.00 bits per heavy atom. The molecule has 4 nitrogen and oxygen atoms in total. The van der Waals surface area contributed by atoms with Crippen molar-refractivity contribution in [1.82, 2.24) is 14.7 Å². The predicted octanol–water partition coefficient (Wildman–Crippen LogP) is 2.37. The summed E-state index contributed by atoms with van der Waals surface area (Å²) in [7, 11) is 0. The first-order chi connectivity index (χ1) is 9.65. The Labute approximate surface area is 120 Å². The minimum atomic E-state index is 0.0396. The van der Waals surface area contributed by atoms with Gasteiger partial charge >= 0.3 is 0 Å². The highest BCUT2D eigenvalue weighted by atomic mass is 15.3. The fourth-order valence-electron chi connectivity index (χ4n) is 3.38. The van der Waals surface area contributed by atoms with E-state index in [1.54, 1.807) is 0 Å². The Balaban J connectivity index is 1.76. The number of aryl methyl sites for hydroxylation is 1. The van der Waals surface area contributed by atoms with Crippen molar-refractivity contribution < 1.29 is 0 Å². The Morgan fingerprint density at radius 3 is 2.70 bits per heavy atom. The summed E-state index contributed by atoms with van der Waals surface area (Å²) in [5, 5.41) is 6.03. The summed E-state index contributed by atoms with van der Waals surface area (Å²) >= 11 is 0. The first kappa shape index (κ1) is 13.6. The topological polar surface area (TPSA) is 47.1 Å². The maximum absolute atomic E-state index is 6.33. The zero-order valence-electron chi connectivity index (χ0n) is 12.5. The van der Waals surface area contributed by atoms with E-state index in [2.05, 4.69) is 47.7 Å². The summed E-state index contributed by atoms with van der Waals surface area (Å²) in [5.41, 5.74) is 8.79. The molecule has 0 amide bonds. The monoisotopic (exact) mass is 272 g/mol. The molecular formula is C16H24N4. The van der Waals surface area contributed by atoms with Crippen LogP contribution >= 0.6 is 0 Å². The SMILES string of the molecule is CCCC1(N)CN(Cc2nn(CC)c3ccccc23)C1. The molecule has 1 fully saturated rings.